The largest absolute Gasteiger partial charge is 0.381 e. The first-order valence-corrected chi connectivity index (χ1v) is 53.0. The molecule has 12 aliphatic rings. The van der Waals surface area contributed by atoms with Crippen molar-refractivity contribution < 1.29 is 52.2 Å². The molecule has 114 heavy (non-hydrogen) atoms. The minimum Gasteiger partial charge on any atom is -0.381 e. The molecule has 11 heterocycles. The second kappa shape index (κ2) is 325. The summed E-state index contributed by atoms with van der Waals surface area (Å²) in [5.41, 5.74) is 2.72. The maximum absolute atomic E-state index is 5.07. The Balaban J connectivity index is -0.0000000337. The molecule has 0 aromatic rings. The van der Waals surface area contributed by atoms with Gasteiger partial charge in [-0.15, -0.1) is 0 Å². The summed E-state index contributed by atoms with van der Waals surface area (Å²) < 4.78 is 48.9. The summed E-state index contributed by atoms with van der Waals surface area (Å²) in [4.78, 5) is 4.69. The Morgan fingerprint density at radius 3 is 0.456 bits per heavy atom. The fourth-order valence-corrected chi connectivity index (χ4v) is 8.70. The van der Waals surface area contributed by atoms with E-state index in [2.05, 4.69) is 39.6 Å². The summed E-state index contributed by atoms with van der Waals surface area (Å²) in [6.45, 7) is 116. The van der Waals surface area contributed by atoms with Crippen molar-refractivity contribution in [1.82, 2.24) is 16.1 Å². The van der Waals surface area contributed by atoms with Crippen molar-refractivity contribution in [1.29, 1.82) is 0 Å². The van der Waals surface area contributed by atoms with Crippen LogP contribution in [0.1, 0.15) is 480 Å². The SMILES string of the molecule is C1CCCCC1.C1CCNC1.C1CCOC1.C1CCOCC1.C1CCOCC1.C1CCSC1.C1CCSCC1.C1CNOC1.C1COCCO1.C1COCN1.C1COCO1.C1COCOC1.CC.CC.CC.CC.CC.CC.CC.CC.CC.CC.CC.CC.CC.CC.CC.CC.CC.CC.CC.CC.CC.CC.CC.CC. The third-order valence-corrected chi connectivity index (χ3v) is 12.9. The topological polar surface area (TPSA) is 138 Å². The molecule has 14 nitrogen and oxygen atoms in total. The van der Waals surface area contributed by atoms with Crippen LogP contribution in [-0.4, -0.2) is 175 Å². The molecule has 1 saturated carbocycles. The lowest BCUT2D eigenvalue weighted by atomic mass is 10.0. The lowest BCUT2D eigenvalue weighted by Gasteiger charge is -2.09. The van der Waals surface area contributed by atoms with Gasteiger partial charge in [-0.1, -0.05) is 377 Å². The van der Waals surface area contributed by atoms with Crippen molar-refractivity contribution in [3.05, 3.63) is 0 Å². The number of thioether (sulfide) groups is 2. The van der Waals surface area contributed by atoms with Crippen LogP contribution in [0.3, 0.4) is 0 Å². The van der Waals surface area contributed by atoms with Gasteiger partial charge in [-0.05, 0) is 139 Å². The van der Waals surface area contributed by atoms with Crippen molar-refractivity contribution in [3.8, 4) is 0 Å². The Hall–Kier alpha value is 0.140. The molecule has 0 aromatic heterocycles. The number of nitrogens with one attached hydrogen (secondary N) is 3. The Morgan fingerprint density at radius 2 is 0.360 bits per heavy atom. The maximum Gasteiger partial charge on any atom is 0.146 e. The molecule has 0 unspecified atom stereocenters. The van der Waals surface area contributed by atoms with Gasteiger partial charge in [0.2, 0.25) is 0 Å². The third-order valence-electron chi connectivity index (χ3n) is 10.6. The van der Waals surface area contributed by atoms with E-state index in [0.717, 1.165) is 132 Å². The number of hydrogen-bond donors (Lipinski definition) is 3. The minimum atomic E-state index is 0.500. The van der Waals surface area contributed by atoms with Crippen LogP contribution in [-0.2, 0) is 52.2 Å². The molecule has 11 aliphatic heterocycles. The molecule has 12 fully saturated rings. The van der Waals surface area contributed by atoms with Crippen LogP contribution in [0.4, 0.5) is 0 Å². The zero-order chi connectivity index (χ0) is 94.7. The highest BCUT2D eigenvalue weighted by Crippen LogP contribution is 2.16. The van der Waals surface area contributed by atoms with Crippen molar-refractivity contribution >= 4 is 23.5 Å². The molecule has 0 amide bonds. The zero-order valence-electron chi connectivity index (χ0n) is 90.2. The molecule has 12 rings (SSSR count). The van der Waals surface area contributed by atoms with Crippen LogP contribution in [0.15, 0.2) is 0 Å². The summed E-state index contributed by atoms with van der Waals surface area (Å²) in [5, 5.41) is 6.22. The van der Waals surface area contributed by atoms with Crippen LogP contribution < -0.4 is 16.1 Å². The second-order valence-corrected chi connectivity index (χ2v) is 19.3. The summed E-state index contributed by atoms with van der Waals surface area (Å²) in [7, 11) is 0. The Labute approximate surface area is 742 Å². The van der Waals surface area contributed by atoms with Crippen LogP contribution in [0.25, 0.3) is 0 Å². The van der Waals surface area contributed by atoms with Crippen LogP contribution in [0.5, 0.6) is 0 Å². The fraction of sp³-hybridized carbons (Fsp3) is 1.00. The van der Waals surface area contributed by atoms with Gasteiger partial charge in [0.15, 0.2) is 0 Å². The van der Waals surface area contributed by atoms with Gasteiger partial charge in [0, 0.05) is 52.7 Å². The number of hydroxylamine groups is 1. The predicted molar refractivity (Wildman–Crippen MR) is 546 cm³/mol. The molecule has 0 radical (unpaired) electrons. The molecular formula is C98H247N3O11S2. The highest BCUT2D eigenvalue weighted by Gasteiger charge is 2.00. The normalized spacial score (nSPS) is 15.2. The van der Waals surface area contributed by atoms with E-state index >= 15 is 0 Å². The number of rotatable bonds is 0. The monoisotopic (exact) mass is 1710 g/mol. The Morgan fingerprint density at radius 1 is 0.149 bits per heavy atom. The summed E-state index contributed by atoms with van der Waals surface area (Å²) in [5.74, 6) is 5.67. The average molecular weight is 1710 g/mol. The van der Waals surface area contributed by atoms with Gasteiger partial charge >= 0.3 is 0 Å². The molecule has 1 aliphatic carbocycles. The predicted octanol–water partition coefficient (Wildman–Crippen LogP) is 33.8. The zero-order valence-corrected chi connectivity index (χ0v) is 91.8. The first-order valence-electron chi connectivity index (χ1n) is 50.7. The molecular weight excluding hydrogens is 1460 g/mol. The number of ether oxygens (including phenoxy) is 10. The van der Waals surface area contributed by atoms with Crippen LogP contribution in [0.2, 0.25) is 0 Å². The second-order valence-electron chi connectivity index (χ2n) is 16.8. The lowest BCUT2D eigenvalue weighted by Crippen LogP contribution is -2.16. The Bertz CT molecular complexity index is 550. The number of hydrogen-bond acceptors (Lipinski definition) is 16. The average Bonchev–Trinajstić information content (AvgIpc) is 3.40. The molecule has 0 bridgehead atoms. The quantitative estimate of drug-likeness (QED) is 0.212. The summed E-state index contributed by atoms with van der Waals surface area (Å²) in [6, 6.07) is 0. The lowest BCUT2D eigenvalue weighted by molar-refractivity contribution is -0.0963. The van der Waals surface area contributed by atoms with E-state index in [1.54, 1.807) is 0 Å². The molecule has 732 valence electrons. The van der Waals surface area contributed by atoms with Gasteiger partial charge in [-0.2, -0.15) is 23.5 Å². The van der Waals surface area contributed by atoms with Gasteiger partial charge in [0.05, 0.1) is 72.8 Å². The molecule has 16 heteroatoms. The first-order chi connectivity index (χ1) is 57.0. The van der Waals surface area contributed by atoms with E-state index in [9.17, 15) is 0 Å². The molecule has 0 aromatic carbocycles. The van der Waals surface area contributed by atoms with Gasteiger partial charge in [-0.25, -0.2) is 5.48 Å². The molecule has 11 saturated heterocycles. The molecule has 0 atom stereocenters. The minimum absolute atomic E-state index is 0.500. The van der Waals surface area contributed by atoms with Gasteiger partial charge < -0.3 is 57.5 Å². The van der Waals surface area contributed by atoms with Crippen molar-refractivity contribution in [3.63, 3.8) is 0 Å². The standard InChI is InChI=1S/C6H12.2C5H10O.C5H10S.C4H9N.2C4H8O2.C4H8O.C4H8S.2C3H7NO.C3H6O2.24C2H6/c4*1-2-4-6-5-3-1;1-2-4-5-3-1;1-2-6-4-3-5-1;1-2-5-4-6-3-1;2*1-2-4-5-3-1;1-2-5-3-4-1;1-2-4-5-3-1;1-2-5-3-4-1;24*1-2/h1-6H2;3*1-5H2;5H,1-4H2;2*1-4H2;2*1-4H2;2*4H,1-3H2;1-3H2;24*1-2H3. The first kappa shape index (κ1) is 180. The third kappa shape index (κ3) is 317. The maximum atomic E-state index is 5.07. The van der Waals surface area contributed by atoms with E-state index in [1.165, 1.54) is 177 Å². The highest BCUT2D eigenvalue weighted by atomic mass is 32.2. The van der Waals surface area contributed by atoms with E-state index in [0.29, 0.717) is 13.6 Å². The van der Waals surface area contributed by atoms with Crippen molar-refractivity contribution in [2.75, 3.05) is 175 Å². The summed E-state index contributed by atoms with van der Waals surface area (Å²) in [6.07, 6.45) is 31.7. The highest BCUT2D eigenvalue weighted by molar-refractivity contribution is 7.99. The molecule has 0 spiro atoms. The van der Waals surface area contributed by atoms with Crippen molar-refractivity contribution in [2.45, 2.75) is 480 Å². The summed E-state index contributed by atoms with van der Waals surface area (Å²) >= 11 is 4.17. The fourth-order valence-electron chi connectivity index (χ4n) is 6.66. The van der Waals surface area contributed by atoms with E-state index in [1.807, 2.05) is 332 Å². The van der Waals surface area contributed by atoms with Gasteiger partial charge in [-0.3, -0.25) is 5.32 Å². The van der Waals surface area contributed by atoms with E-state index in [4.69, 9.17) is 52.2 Å². The van der Waals surface area contributed by atoms with E-state index < -0.39 is 0 Å². The van der Waals surface area contributed by atoms with Gasteiger partial charge in [0.1, 0.15) is 13.6 Å². The van der Waals surface area contributed by atoms with E-state index in [-0.39, 0.29) is 0 Å². The van der Waals surface area contributed by atoms with Crippen molar-refractivity contribution in [2.24, 2.45) is 0 Å². The van der Waals surface area contributed by atoms with Crippen LogP contribution in [0, 0.1) is 0 Å². The smallest absolute Gasteiger partial charge is 0.146 e. The molecule has 3 N–H and O–H groups in total. The van der Waals surface area contributed by atoms with Crippen LogP contribution >= 0.6 is 23.5 Å². The van der Waals surface area contributed by atoms with Gasteiger partial charge in [0.25, 0.3) is 0 Å². The Kier molecular flexibility index (Phi) is 513.